The monoisotopic (exact) mass is 356 g/mol. The molecule has 0 saturated heterocycles. The molecule has 0 amide bonds. The van der Waals surface area contributed by atoms with E-state index in [1.807, 2.05) is 6.07 Å². The lowest BCUT2D eigenvalue weighted by molar-refractivity contribution is 0.408. The molecule has 0 bridgehead atoms. The Balaban J connectivity index is 3.08. The van der Waals surface area contributed by atoms with E-state index in [0.29, 0.717) is 5.92 Å². The van der Waals surface area contributed by atoms with Gasteiger partial charge in [0.1, 0.15) is 16.2 Å². The van der Waals surface area contributed by atoms with Gasteiger partial charge in [0.15, 0.2) is 0 Å². The van der Waals surface area contributed by atoms with Gasteiger partial charge in [-0.25, -0.2) is 9.97 Å². The summed E-state index contributed by atoms with van der Waals surface area (Å²) in [4.78, 5) is 13.9. The fourth-order valence-corrected chi connectivity index (χ4v) is 2.34. The number of aromatic nitrogens is 2. The molecule has 0 aliphatic heterocycles. The first kappa shape index (κ1) is 18.4. The van der Waals surface area contributed by atoms with Gasteiger partial charge < -0.3 is 9.80 Å². The van der Waals surface area contributed by atoms with Crippen molar-refractivity contribution in [3.8, 4) is 0 Å². The maximum Gasteiger partial charge on any atom is 0.137 e. The van der Waals surface area contributed by atoms with Crippen LogP contribution in [-0.4, -0.2) is 48.6 Å². The summed E-state index contributed by atoms with van der Waals surface area (Å²) >= 11 is 3.53. The Morgan fingerprint density at radius 2 is 1.76 bits per heavy atom. The third kappa shape index (κ3) is 6.30. The van der Waals surface area contributed by atoms with Crippen molar-refractivity contribution in [2.24, 2.45) is 5.92 Å². The Labute approximate surface area is 138 Å². The minimum Gasteiger partial charge on any atom is -0.355 e. The van der Waals surface area contributed by atoms with Gasteiger partial charge >= 0.3 is 0 Å². The van der Waals surface area contributed by atoms with Gasteiger partial charge in [-0.2, -0.15) is 0 Å². The Morgan fingerprint density at radius 1 is 1.14 bits per heavy atom. The Morgan fingerprint density at radius 3 is 2.24 bits per heavy atom. The third-order valence-corrected chi connectivity index (χ3v) is 3.49. The molecule has 1 aromatic heterocycles. The molecule has 0 aliphatic carbocycles. The smallest absolute Gasteiger partial charge is 0.137 e. The molecule has 0 fully saturated rings. The van der Waals surface area contributed by atoms with E-state index in [4.69, 9.17) is 4.98 Å². The molecule has 5 heteroatoms. The van der Waals surface area contributed by atoms with Crippen LogP contribution in [0.1, 0.15) is 40.4 Å². The number of halogens is 1. The van der Waals surface area contributed by atoms with Crippen molar-refractivity contribution in [2.75, 3.05) is 38.6 Å². The second-order valence-corrected chi connectivity index (χ2v) is 8.08. The van der Waals surface area contributed by atoms with Crippen LogP contribution in [0.15, 0.2) is 10.7 Å². The van der Waals surface area contributed by atoms with Crippen LogP contribution < -0.4 is 4.90 Å². The molecule has 21 heavy (non-hydrogen) atoms. The van der Waals surface area contributed by atoms with Crippen LogP contribution in [0.4, 0.5) is 5.82 Å². The highest BCUT2D eigenvalue weighted by atomic mass is 79.9. The topological polar surface area (TPSA) is 32.3 Å². The maximum absolute atomic E-state index is 4.80. The summed E-state index contributed by atoms with van der Waals surface area (Å²) in [5, 5.41) is 0. The van der Waals surface area contributed by atoms with Crippen molar-refractivity contribution in [3.63, 3.8) is 0 Å². The van der Waals surface area contributed by atoms with Gasteiger partial charge in [-0.1, -0.05) is 34.6 Å². The number of rotatable bonds is 6. The van der Waals surface area contributed by atoms with Crippen LogP contribution in [0.3, 0.4) is 0 Å². The van der Waals surface area contributed by atoms with Gasteiger partial charge in [0.05, 0.1) is 0 Å². The van der Waals surface area contributed by atoms with Crippen molar-refractivity contribution in [3.05, 3.63) is 16.5 Å². The van der Waals surface area contributed by atoms with Crippen molar-refractivity contribution in [1.82, 2.24) is 14.9 Å². The number of likely N-dealkylation sites (N-methyl/N-ethyl adjacent to an activating group) is 1. The standard InChI is InChI=1S/C16H29BrN4/c1-12(2)11-21(9-8-20(6)7)14-10-13(17)18-15(19-14)16(3,4)5/h10,12H,8-9,11H2,1-7H3. The number of nitrogens with zero attached hydrogens (tertiary/aromatic N) is 4. The molecule has 1 heterocycles. The molecule has 0 radical (unpaired) electrons. The summed E-state index contributed by atoms with van der Waals surface area (Å²) in [6.45, 7) is 13.9. The van der Waals surface area contributed by atoms with Crippen LogP contribution in [0.5, 0.6) is 0 Å². The summed E-state index contributed by atoms with van der Waals surface area (Å²) in [6.07, 6.45) is 0. The summed E-state index contributed by atoms with van der Waals surface area (Å²) in [5.74, 6) is 2.49. The van der Waals surface area contributed by atoms with Crippen molar-refractivity contribution in [2.45, 2.75) is 40.0 Å². The third-order valence-electron chi connectivity index (χ3n) is 3.08. The average molecular weight is 357 g/mol. The predicted octanol–water partition coefficient (Wildman–Crippen LogP) is 3.56. The van der Waals surface area contributed by atoms with Gasteiger partial charge in [0, 0.05) is 31.1 Å². The Hall–Kier alpha value is -0.680. The molecule has 1 aromatic rings. The fourth-order valence-electron chi connectivity index (χ4n) is 1.96. The molecule has 0 unspecified atom stereocenters. The highest BCUT2D eigenvalue weighted by molar-refractivity contribution is 9.10. The molecule has 0 atom stereocenters. The average Bonchev–Trinajstić information content (AvgIpc) is 2.32. The molecule has 0 N–H and O–H groups in total. The molecule has 4 nitrogen and oxygen atoms in total. The lowest BCUT2D eigenvalue weighted by Crippen LogP contribution is -2.35. The predicted molar refractivity (Wildman–Crippen MR) is 94.0 cm³/mol. The highest BCUT2D eigenvalue weighted by Crippen LogP contribution is 2.24. The Kier molecular flexibility index (Phi) is 6.60. The van der Waals surface area contributed by atoms with Crippen molar-refractivity contribution < 1.29 is 0 Å². The maximum atomic E-state index is 4.80. The summed E-state index contributed by atoms with van der Waals surface area (Å²) < 4.78 is 0.857. The molecule has 0 aromatic carbocycles. The van der Waals surface area contributed by atoms with E-state index in [1.165, 1.54) is 0 Å². The minimum absolute atomic E-state index is 0.0520. The highest BCUT2D eigenvalue weighted by Gasteiger charge is 2.20. The molecule has 0 aliphatic rings. The van der Waals surface area contributed by atoms with E-state index < -0.39 is 0 Å². The van der Waals surface area contributed by atoms with E-state index in [2.05, 4.69) is 79.4 Å². The zero-order valence-electron chi connectivity index (χ0n) is 14.4. The first-order valence-electron chi connectivity index (χ1n) is 7.54. The lowest BCUT2D eigenvalue weighted by Gasteiger charge is -2.28. The summed E-state index contributed by atoms with van der Waals surface area (Å²) in [5.41, 5.74) is -0.0520. The van der Waals surface area contributed by atoms with Gasteiger partial charge in [-0.15, -0.1) is 0 Å². The first-order valence-corrected chi connectivity index (χ1v) is 8.33. The van der Waals surface area contributed by atoms with Gasteiger partial charge in [0.2, 0.25) is 0 Å². The quantitative estimate of drug-likeness (QED) is 0.729. The van der Waals surface area contributed by atoms with E-state index in [1.54, 1.807) is 0 Å². The Bertz CT molecular complexity index is 452. The van der Waals surface area contributed by atoms with Gasteiger partial charge in [-0.3, -0.25) is 0 Å². The van der Waals surface area contributed by atoms with E-state index in [-0.39, 0.29) is 5.41 Å². The lowest BCUT2D eigenvalue weighted by atomic mass is 9.96. The van der Waals surface area contributed by atoms with Gasteiger partial charge in [-0.05, 0) is 35.9 Å². The summed E-state index contributed by atoms with van der Waals surface area (Å²) in [6, 6.07) is 2.02. The normalized spacial score (nSPS) is 12.3. The first-order chi connectivity index (χ1) is 9.59. The van der Waals surface area contributed by atoms with Crippen molar-refractivity contribution in [1.29, 1.82) is 0 Å². The van der Waals surface area contributed by atoms with Crippen LogP contribution >= 0.6 is 15.9 Å². The van der Waals surface area contributed by atoms with Crippen LogP contribution in [-0.2, 0) is 5.41 Å². The fraction of sp³-hybridized carbons (Fsp3) is 0.750. The summed E-state index contributed by atoms with van der Waals surface area (Å²) in [7, 11) is 4.20. The number of hydrogen-bond acceptors (Lipinski definition) is 4. The van der Waals surface area contributed by atoms with Gasteiger partial charge in [0.25, 0.3) is 0 Å². The molecular formula is C16H29BrN4. The largest absolute Gasteiger partial charge is 0.355 e. The second-order valence-electron chi connectivity index (χ2n) is 7.27. The molecule has 1 rings (SSSR count). The molecule has 120 valence electrons. The minimum atomic E-state index is -0.0520. The van der Waals surface area contributed by atoms with Crippen LogP contribution in [0.2, 0.25) is 0 Å². The molecule has 0 saturated carbocycles. The molecular weight excluding hydrogens is 328 g/mol. The second kappa shape index (κ2) is 7.54. The zero-order valence-corrected chi connectivity index (χ0v) is 16.0. The van der Waals surface area contributed by atoms with E-state index >= 15 is 0 Å². The molecule has 0 spiro atoms. The SMILES string of the molecule is CC(C)CN(CCN(C)C)c1cc(Br)nc(C(C)(C)C)n1. The zero-order chi connectivity index (χ0) is 16.2. The van der Waals surface area contributed by atoms with E-state index in [0.717, 1.165) is 35.9 Å². The van der Waals surface area contributed by atoms with Crippen molar-refractivity contribution >= 4 is 21.7 Å². The number of hydrogen-bond donors (Lipinski definition) is 0. The van der Waals surface area contributed by atoms with Crippen LogP contribution in [0, 0.1) is 5.92 Å². The van der Waals surface area contributed by atoms with Crippen LogP contribution in [0.25, 0.3) is 0 Å². The number of anilines is 1. The van der Waals surface area contributed by atoms with E-state index in [9.17, 15) is 0 Å².